The van der Waals surface area contributed by atoms with E-state index in [2.05, 4.69) is 29.7 Å². The first-order valence-corrected chi connectivity index (χ1v) is 6.48. The van der Waals surface area contributed by atoms with Crippen LogP contribution in [0.3, 0.4) is 0 Å². The second-order valence-corrected chi connectivity index (χ2v) is 4.40. The van der Waals surface area contributed by atoms with Crippen LogP contribution in [0.2, 0.25) is 0 Å². The molecule has 0 saturated carbocycles. The molecule has 1 unspecified atom stereocenters. The van der Waals surface area contributed by atoms with Crippen molar-refractivity contribution in [3.05, 3.63) is 35.4 Å². The van der Waals surface area contributed by atoms with Gasteiger partial charge in [-0.2, -0.15) is 0 Å². The third-order valence-corrected chi connectivity index (χ3v) is 3.17. The predicted octanol–water partition coefficient (Wildman–Crippen LogP) is 0.854. The number of amides is 1. The Morgan fingerprint density at radius 3 is 2.89 bits per heavy atom. The molecular formula is C14H20N2O2. The van der Waals surface area contributed by atoms with Gasteiger partial charge < -0.3 is 15.4 Å². The molecule has 0 bridgehead atoms. The number of aryl methyl sites for hydroxylation is 1. The van der Waals surface area contributed by atoms with Crippen LogP contribution in [0.5, 0.6) is 0 Å². The second-order valence-electron chi connectivity index (χ2n) is 4.40. The van der Waals surface area contributed by atoms with Crippen molar-refractivity contribution < 1.29 is 9.53 Å². The van der Waals surface area contributed by atoms with Gasteiger partial charge in [-0.1, -0.05) is 31.2 Å². The van der Waals surface area contributed by atoms with Crippen LogP contribution in [0.4, 0.5) is 0 Å². The molecule has 2 rings (SSSR count). The number of hydrogen-bond donors (Lipinski definition) is 2. The third-order valence-electron chi connectivity index (χ3n) is 3.17. The average molecular weight is 248 g/mol. The topological polar surface area (TPSA) is 50.4 Å². The van der Waals surface area contributed by atoms with E-state index in [4.69, 9.17) is 4.74 Å². The SMILES string of the molecule is CCc1ccccc1CNC(=O)C1CNCCO1. The quantitative estimate of drug-likeness (QED) is 0.830. The predicted molar refractivity (Wildman–Crippen MR) is 70.3 cm³/mol. The Labute approximate surface area is 108 Å². The zero-order valence-electron chi connectivity index (χ0n) is 10.7. The summed E-state index contributed by atoms with van der Waals surface area (Å²) in [6.45, 7) is 4.71. The number of benzene rings is 1. The number of carbonyl (C=O) groups is 1. The minimum Gasteiger partial charge on any atom is -0.366 e. The van der Waals surface area contributed by atoms with Crippen molar-refractivity contribution in [2.45, 2.75) is 26.0 Å². The zero-order chi connectivity index (χ0) is 12.8. The van der Waals surface area contributed by atoms with Gasteiger partial charge in [-0.25, -0.2) is 0 Å². The molecule has 98 valence electrons. The van der Waals surface area contributed by atoms with Gasteiger partial charge >= 0.3 is 0 Å². The first-order chi connectivity index (χ1) is 8.81. The molecule has 0 radical (unpaired) electrons. The maximum atomic E-state index is 11.9. The summed E-state index contributed by atoms with van der Waals surface area (Å²) in [6.07, 6.45) is 0.626. The monoisotopic (exact) mass is 248 g/mol. The normalized spacial score (nSPS) is 19.5. The van der Waals surface area contributed by atoms with Crippen LogP contribution in [0.1, 0.15) is 18.1 Å². The molecule has 2 N–H and O–H groups in total. The highest BCUT2D eigenvalue weighted by molar-refractivity contribution is 5.81. The summed E-state index contributed by atoms with van der Waals surface area (Å²) in [4.78, 5) is 11.9. The summed E-state index contributed by atoms with van der Waals surface area (Å²) < 4.78 is 5.41. The fourth-order valence-corrected chi connectivity index (χ4v) is 2.10. The molecule has 1 aromatic carbocycles. The Bertz CT molecular complexity index is 401. The van der Waals surface area contributed by atoms with E-state index in [9.17, 15) is 4.79 Å². The molecule has 1 heterocycles. The number of morpholine rings is 1. The van der Waals surface area contributed by atoms with E-state index >= 15 is 0 Å². The summed E-state index contributed by atoms with van der Waals surface area (Å²) in [7, 11) is 0. The van der Waals surface area contributed by atoms with Gasteiger partial charge in [0, 0.05) is 19.6 Å². The van der Waals surface area contributed by atoms with Crippen LogP contribution < -0.4 is 10.6 Å². The molecule has 1 atom stereocenters. The van der Waals surface area contributed by atoms with E-state index < -0.39 is 0 Å². The number of rotatable bonds is 4. The molecule has 0 aliphatic carbocycles. The van der Waals surface area contributed by atoms with Gasteiger partial charge in [-0.05, 0) is 17.5 Å². The lowest BCUT2D eigenvalue weighted by Crippen LogP contribution is -2.47. The van der Waals surface area contributed by atoms with E-state index in [1.807, 2.05) is 12.1 Å². The van der Waals surface area contributed by atoms with Gasteiger partial charge in [-0.15, -0.1) is 0 Å². The molecule has 1 aliphatic rings. The van der Waals surface area contributed by atoms with Gasteiger partial charge in [0.1, 0.15) is 6.10 Å². The average Bonchev–Trinajstić information content (AvgIpc) is 2.46. The smallest absolute Gasteiger partial charge is 0.250 e. The Balaban J connectivity index is 1.88. The number of hydrogen-bond acceptors (Lipinski definition) is 3. The van der Waals surface area contributed by atoms with E-state index in [0.29, 0.717) is 19.7 Å². The third kappa shape index (κ3) is 3.31. The molecule has 4 nitrogen and oxygen atoms in total. The van der Waals surface area contributed by atoms with Gasteiger partial charge in [0.25, 0.3) is 5.91 Å². The fraction of sp³-hybridized carbons (Fsp3) is 0.500. The van der Waals surface area contributed by atoms with E-state index in [1.54, 1.807) is 0 Å². The summed E-state index contributed by atoms with van der Waals surface area (Å²) in [5, 5.41) is 6.09. The van der Waals surface area contributed by atoms with Crippen molar-refractivity contribution in [3.63, 3.8) is 0 Å². The molecule has 4 heteroatoms. The Kier molecular flexibility index (Phi) is 4.73. The summed E-state index contributed by atoms with van der Waals surface area (Å²) in [6, 6.07) is 8.18. The molecule has 1 fully saturated rings. The fourth-order valence-electron chi connectivity index (χ4n) is 2.10. The van der Waals surface area contributed by atoms with Crippen molar-refractivity contribution in [2.75, 3.05) is 19.7 Å². The molecule has 0 aromatic heterocycles. The first-order valence-electron chi connectivity index (χ1n) is 6.48. The number of ether oxygens (including phenoxy) is 1. The lowest BCUT2D eigenvalue weighted by atomic mass is 10.1. The van der Waals surface area contributed by atoms with Crippen LogP contribution >= 0.6 is 0 Å². The second kappa shape index (κ2) is 6.52. The van der Waals surface area contributed by atoms with E-state index in [0.717, 1.165) is 13.0 Å². The van der Waals surface area contributed by atoms with E-state index in [-0.39, 0.29) is 12.0 Å². The molecular weight excluding hydrogens is 228 g/mol. The minimum atomic E-state index is -0.354. The summed E-state index contributed by atoms with van der Waals surface area (Å²) in [5.41, 5.74) is 2.46. The highest BCUT2D eigenvalue weighted by atomic mass is 16.5. The van der Waals surface area contributed by atoms with Gasteiger partial charge in [-0.3, -0.25) is 4.79 Å². The van der Waals surface area contributed by atoms with Crippen molar-refractivity contribution in [2.24, 2.45) is 0 Å². The molecule has 1 amide bonds. The maximum Gasteiger partial charge on any atom is 0.250 e. The van der Waals surface area contributed by atoms with Crippen LogP contribution in [0.15, 0.2) is 24.3 Å². The van der Waals surface area contributed by atoms with E-state index in [1.165, 1.54) is 11.1 Å². The standard InChI is InChI=1S/C14H20N2O2/c1-2-11-5-3-4-6-12(11)9-16-14(17)13-10-15-7-8-18-13/h3-6,13,15H,2,7-10H2,1H3,(H,16,17). The van der Waals surface area contributed by atoms with Gasteiger partial charge in [0.15, 0.2) is 0 Å². The first kappa shape index (κ1) is 13.1. The Morgan fingerprint density at radius 2 is 2.22 bits per heavy atom. The van der Waals surface area contributed by atoms with Crippen molar-refractivity contribution in [1.29, 1.82) is 0 Å². The van der Waals surface area contributed by atoms with Crippen LogP contribution in [-0.2, 0) is 22.5 Å². The lowest BCUT2D eigenvalue weighted by Gasteiger charge is -2.22. The number of nitrogens with one attached hydrogen (secondary N) is 2. The summed E-state index contributed by atoms with van der Waals surface area (Å²) >= 11 is 0. The van der Waals surface area contributed by atoms with Crippen LogP contribution in [0.25, 0.3) is 0 Å². The van der Waals surface area contributed by atoms with Crippen LogP contribution in [-0.4, -0.2) is 31.7 Å². The molecule has 0 spiro atoms. The zero-order valence-corrected chi connectivity index (χ0v) is 10.7. The molecule has 1 aliphatic heterocycles. The lowest BCUT2D eigenvalue weighted by molar-refractivity contribution is -0.134. The number of carbonyl (C=O) groups excluding carboxylic acids is 1. The molecule has 1 saturated heterocycles. The van der Waals surface area contributed by atoms with Gasteiger partial charge in [0.2, 0.25) is 0 Å². The van der Waals surface area contributed by atoms with Crippen molar-refractivity contribution in [1.82, 2.24) is 10.6 Å². The highest BCUT2D eigenvalue weighted by Crippen LogP contribution is 2.09. The van der Waals surface area contributed by atoms with Crippen LogP contribution in [0, 0.1) is 0 Å². The maximum absolute atomic E-state index is 11.9. The summed E-state index contributed by atoms with van der Waals surface area (Å²) in [5.74, 6) is -0.0342. The van der Waals surface area contributed by atoms with Gasteiger partial charge in [0.05, 0.1) is 6.61 Å². The highest BCUT2D eigenvalue weighted by Gasteiger charge is 2.21. The molecule has 1 aromatic rings. The van der Waals surface area contributed by atoms with Crippen molar-refractivity contribution >= 4 is 5.91 Å². The Hall–Kier alpha value is -1.39. The Morgan fingerprint density at radius 1 is 1.44 bits per heavy atom. The van der Waals surface area contributed by atoms with Crippen molar-refractivity contribution in [3.8, 4) is 0 Å². The molecule has 18 heavy (non-hydrogen) atoms. The largest absolute Gasteiger partial charge is 0.366 e. The minimum absolute atomic E-state index is 0.0342.